The van der Waals surface area contributed by atoms with E-state index in [4.69, 9.17) is 0 Å². The second-order valence-electron chi connectivity index (χ2n) is 5.60. The maximum Gasteiger partial charge on any atom is 0.000397 e. The molecule has 1 atom stereocenters. The molecule has 0 heterocycles. The molecule has 0 aromatic heterocycles. The van der Waals surface area contributed by atoms with Gasteiger partial charge in [0.05, 0.1) is 0 Å². The Hall–Kier alpha value is -0.0400. The fourth-order valence-corrected chi connectivity index (χ4v) is 2.92. The maximum atomic E-state index is 2.49. The lowest BCUT2D eigenvalue weighted by Gasteiger charge is -2.21. The van der Waals surface area contributed by atoms with Crippen LogP contribution < -0.4 is 0 Å². The number of hydrogen-bond donors (Lipinski definition) is 0. The Morgan fingerprint density at radius 1 is 1.27 bits per heavy atom. The Kier molecular flexibility index (Phi) is 6.31. The number of rotatable bonds is 7. The van der Waals surface area contributed by atoms with E-state index in [1.54, 1.807) is 0 Å². The predicted octanol–water partition coefficient (Wildman–Crippen LogP) is 3.93. The molecule has 1 aliphatic carbocycles. The van der Waals surface area contributed by atoms with E-state index in [1.165, 1.54) is 58.0 Å². The van der Waals surface area contributed by atoms with Crippen molar-refractivity contribution in [2.45, 2.75) is 58.8 Å². The van der Waals surface area contributed by atoms with Gasteiger partial charge in [0.2, 0.25) is 0 Å². The van der Waals surface area contributed by atoms with E-state index in [1.807, 2.05) is 0 Å². The van der Waals surface area contributed by atoms with Crippen molar-refractivity contribution < 1.29 is 0 Å². The van der Waals surface area contributed by atoms with Crippen molar-refractivity contribution in [3.63, 3.8) is 0 Å². The molecule has 0 spiro atoms. The number of nitrogens with zero attached hydrogens (tertiary/aromatic N) is 1. The lowest BCUT2D eigenvalue weighted by molar-refractivity contribution is 0.268. The average Bonchev–Trinajstić information content (AvgIpc) is 2.67. The van der Waals surface area contributed by atoms with Gasteiger partial charge < -0.3 is 4.90 Å². The van der Waals surface area contributed by atoms with Gasteiger partial charge in [-0.2, -0.15) is 0 Å². The SMILES string of the molecule is CCCN(C)CC(C)CCC1CCCC1. The summed E-state index contributed by atoms with van der Waals surface area (Å²) in [4.78, 5) is 2.49. The average molecular weight is 211 g/mol. The summed E-state index contributed by atoms with van der Waals surface area (Å²) in [6, 6.07) is 0. The van der Waals surface area contributed by atoms with E-state index in [0.717, 1.165) is 11.8 Å². The zero-order chi connectivity index (χ0) is 11.1. The molecule has 15 heavy (non-hydrogen) atoms. The van der Waals surface area contributed by atoms with Crippen LogP contribution in [0.15, 0.2) is 0 Å². The first-order chi connectivity index (χ1) is 7.22. The Labute approximate surface area is 96.2 Å². The summed E-state index contributed by atoms with van der Waals surface area (Å²) >= 11 is 0. The van der Waals surface area contributed by atoms with Gasteiger partial charge in [-0.1, -0.05) is 46.0 Å². The molecule has 0 aromatic rings. The van der Waals surface area contributed by atoms with Crippen molar-refractivity contribution in [3.8, 4) is 0 Å². The molecular weight excluding hydrogens is 182 g/mol. The van der Waals surface area contributed by atoms with Crippen LogP contribution in [0, 0.1) is 11.8 Å². The van der Waals surface area contributed by atoms with E-state index in [2.05, 4.69) is 25.8 Å². The molecule has 1 rings (SSSR count). The highest BCUT2D eigenvalue weighted by atomic mass is 15.1. The van der Waals surface area contributed by atoms with E-state index >= 15 is 0 Å². The summed E-state index contributed by atoms with van der Waals surface area (Å²) in [6.45, 7) is 7.23. The van der Waals surface area contributed by atoms with Crippen molar-refractivity contribution in [3.05, 3.63) is 0 Å². The van der Waals surface area contributed by atoms with Gasteiger partial charge in [0.1, 0.15) is 0 Å². The Morgan fingerprint density at radius 3 is 2.53 bits per heavy atom. The van der Waals surface area contributed by atoms with Crippen molar-refractivity contribution in [1.29, 1.82) is 0 Å². The third-order valence-corrected chi connectivity index (χ3v) is 3.77. The minimum Gasteiger partial charge on any atom is -0.306 e. The molecule has 0 saturated heterocycles. The Balaban J connectivity index is 2.04. The van der Waals surface area contributed by atoms with E-state index in [9.17, 15) is 0 Å². The fraction of sp³-hybridized carbons (Fsp3) is 1.00. The van der Waals surface area contributed by atoms with Crippen LogP contribution >= 0.6 is 0 Å². The molecule has 0 amide bonds. The third kappa shape index (κ3) is 5.55. The molecule has 0 bridgehead atoms. The molecule has 1 nitrogen and oxygen atoms in total. The largest absolute Gasteiger partial charge is 0.306 e. The molecule has 0 aromatic carbocycles. The van der Waals surface area contributed by atoms with Gasteiger partial charge in [0, 0.05) is 6.54 Å². The number of hydrogen-bond acceptors (Lipinski definition) is 1. The summed E-state index contributed by atoms with van der Waals surface area (Å²) in [5, 5.41) is 0. The first-order valence-corrected chi connectivity index (χ1v) is 6.91. The second-order valence-corrected chi connectivity index (χ2v) is 5.60. The smallest absolute Gasteiger partial charge is 0.000397 e. The summed E-state index contributed by atoms with van der Waals surface area (Å²) in [7, 11) is 2.26. The molecule has 90 valence electrons. The standard InChI is InChI=1S/C14H29N/c1-4-11-15(3)12-13(2)9-10-14-7-5-6-8-14/h13-14H,4-12H2,1-3H3. The van der Waals surface area contributed by atoms with E-state index < -0.39 is 0 Å². The van der Waals surface area contributed by atoms with Gasteiger partial charge in [-0.3, -0.25) is 0 Å². The molecule has 1 unspecified atom stereocenters. The van der Waals surface area contributed by atoms with Crippen LogP contribution in [0.1, 0.15) is 58.8 Å². The molecule has 0 N–H and O–H groups in total. The summed E-state index contributed by atoms with van der Waals surface area (Å²) < 4.78 is 0. The quantitative estimate of drug-likeness (QED) is 0.616. The summed E-state index contributed by atoms with van der Waals surface area (Å²) in [5.74, 6) is 1.96. The monoisotopic (exact) mass is 211 g/mol. The first-order valence-electron chi connectivity index (χ1n) is 6.91. The Morgan fingerprint density at radius 2 is 1.93 bits per heavy atom. The molecular formula is C14H29N. The minimum atomic E-state index is 0.891. The van der Waals surface area contributed by atoms with Gasteiger partial charge in [-0.15, -0.1) is 0 Å². The van der Waals surface area contributed by atoms with Gasteiger partial charge in [-0.05, 0) is 38.3 Å². The summed E-state index contributed by atoms with van der Waals surface area (Å²) in [6.07, 6.45) is 10.2. The van der Waals surface area contributed by atoms with Gasteiger partial charge in [0.25, 0.3) is 0 Å². The van der Waals surface area contributed by atoms with Gasteiger partial charge in [0.15, 0.2) is 0 Å². The lowest BCUT2D eigenvalue weighted by atomic mass is 9.95. The first kappa shape index (κ1) is 13.0. The molecule has 0 aliphatic heterocycles. The molecule has 1 fully saturated rings. The zero-order valence-electron chi connectivity index (χ0n) is 11.0. The van der Waals surface area contributed by atoms with Crippen LogP contribution in [0.25, 0.3) is 0 Å². The molecule has 1 aliphatic rings. The van der Waals surface area contributed by atoms with Crippen LogP contribution in [0.3, 0.4) is 0 Å². The van der Waals surface area contributed by atoms with Crippen molar-refractivity contribution >= 4 is 0 Å². The predicted molar refractivity (Wildman–Crippen MR) is 68.1 cm³/mol. The third-order valence-electron chi connectivity index (χ3n) is 3.77. The van der Waals surface area contributed by atoms with Crippen LogP contribution in [0.4, 0.5) is 0 Å². The lowest BCUT2D eigenvalue weighted by Crippen LogP contribution is -2.25. The molecule has 1 heteroatoms. The fourth-order valence-electron chi connectivity index (χ4n) is 2.92. The highest BCUT2D eigenvalue weighted by Crippen LogP contribution is 2.29. The normalized spacial score (nSPS) is 20.0. The van der Waals surface area contributed by atoms with Crippen LogP contribution in [-0.2, 0) is 0 Å². The highest BCUT2D eigenvalue weighted by molar-refractivity contribution is 4.69. The molecule has 1 saturated carbocycles. The van der Waals surface area contributed by atoms with Gasteiger partial charge >= 0.3 is 0 Å². The van der Waals surface area contributed by atoms with E-state index in [0.29, 0.717) is 0 Å². The maximum absolute atomic E-state index is 2.49. The minimum absolute atomic E-state index is 0.891. The van der Waals surface area contributed by atoms with Gasteiger partial charge in [-0.25, -0.2) is 0 Å². The van der Waals surface area contributed by atoms with Crippen LogP contribution in [0.2, 0.25) is 0 Å². The van der Waals surface area contributed by atoms with Crippen LogP contribution in [-0.4, -0.2) is 25.0 Å². The van der Waals surface area contributed by atoms with Crippen molar-refractivity contribution in [2.24, 2.45) is 11.8 Å². The molecule has 0 radical (unpaired) electrons. The summed E-state index contributed by atoms with van der Waals surface area (Å²) in [5.41, 5.74) is 0. The highest BCUT2D eigenvalue weighted by Gasteiger charge is 2.16. The second kappa shape index (κ2) is 7.27. The topological polar surface area (TPSA) is 3.24 Å². The zero-order valence-corrected chi connectivity index (χ0v) is 11.0. The Bertz CT molecular complexity index is 149. The van der Waals surface area contributed by atoms with E-state index in [-0.39, 0.29) is 0 Å². The van der Waals surface area contributed by atoms with Crippen LogP contribution in [0.5, 0.6) is 0 Å². The van der Waals surface area contributed by atoms with Crippen molar-refractivity contribution in [2.75, 3.05) is 20.1 Å². The van der Waals surface area contributed by atoms with Crippen molar-refractivity contribution in [1.82, 2.24) is 4.90 Å².